The van der Waals surface area contributed by atoms with E-state index in [0.717, 1.165) is 22.6 Å². The zero-order valence-electron chi connectivity index (χ0n) is 14.7. The van der Waals surface area contributed by atoms with Crippen LogP contribution in [0.4, 0.5) is 0 Å². The molecule has 1 saturated heterocycles. The van der Waals surface area contributed by atoms with Gasteiger partial charge in [-0.2, -0.15) is 0 Å². The summed E-state index contributed by atoms with van der Waals surface area (Å²) < 4.78 is 5.23. The Hall–Kier alpha value is -3.08. The summed E-state index contributed by atoms with van der Waals surface area (Å²) in [5, 5.41) is 1.70. The molecule has 1 amide bonds. The highest BCUT2D eigenvalue weighted by Crippen LogP contribution is 2.22. The molecule has 25 heavy (non-hydrogen) atoms. The Morgan fingerprint density at radius 2 is 2.08 bits per heavy atom. The third-order valence-corrected chi connectivity index (χ3v) is 4.17. The van der Waals surface area contributed by atoms with E-state index in [-0.39, 0.29) is 13.8 Å². The van der Waals surface area contributed by atoms with Gasteiger partial charge in [-0.05, 0) is 29.0 Å². The first-order valence-electron chi connectivity index (χ1n) is 8.06. The van der Waals surface area contributed by atoms with E-state index in [1.165, 1.54) is 0 Å². The number of rotatable bonds is 2. The van der Waals surface area contributed by atoms with E-state index in [4.69, 9.17) is 11.2 Å². The first-order valence-corrected chi connectivity index (χ1v) is 8.06. The van der Waals surface area contributed by atoms with Crippen LogP contribution in [0, 0.1) is 24.2 Å². The van der Waals surface area contributed by atoms with Crippen molar-refractivity contribution in [2.45, 2.75) is 6.42 Å². The molecular weight excluding hydrogens is 314 g/mol. The normalized spacial score (nSPS) is 13.6. The van der Waals surface area contributed by atoms with Crippen molar-refractivity contribution in [2.75, 3.05) is 26.3 Å². The number of morpholine rings is 1. The average molecular weight is 332 g/mol. The predicted molar refractivity (Wildman–Crippen MR) is 97.3 cm³/mol. The second kappa shape index (κ2) is 7.66. The van der Waals surface area contributed by atoms with Gasteiger partial charge in [0.1, 0.15) is 0 Å². The first kappa shape index (κ1) is 16.8. The minimum absolute atomic E-state index is 0. The molecule has 4 nitrogen and oxygen atoms in total. The summed E-state index contributed by atoms with van der Waals surface area (Å²) in [6.45, 7) is 2.43. The molecule has 1 aliphatic heterocycles. The zero-order chi connectivity index (χ0) is 17.6. The second-order valence-electron chi connectivity index (χ2n) is 5.70. The fourth-order valence-electron chi connectivity index (χ4n) is 2.83. The summed E-state index contributed by atoms with van der Waals surface area (Å²) in [5.41, 5.74) is 1.90. The van der Waals surface area contributed by atoms with Crippen LogP contribution in [0.3, 0.4) is 0 Å². The molecule has 0 aromatic heterocycles. The van der Waals surface area contributed by atoms with Crippen molar-refractivity contribution in [1.29, 1.82) is 0 Å². The van der Waals surface area contributed by atoms with Crippen LogP contribution in [0.15, 0.2) is 30.3 Å². The maximum absolute atomic E-state index is 12.1. The molecule has 0 N–H and O–H groups in total. The minimum Gasteiger partial charge on any atom is -0.378 e. The van der Waals surface area contributed by atoms with Crippen LogP contribution in [0.2, 0.25) is 0 Å². The van der Waals surface area contributed by atoms with E-state index in [2.05, 4.69) is 17.8 Å². The second-order valence-corrected chi connectivity index (χ2v) is 5.70. The lowest BCUT2D eigenvalue weighted by atomic mass is 9.98. The van der Waals surface area contributed by atoms with Gasteiger partial charge in [0.25, 0.3) is 0 Å². The molecule has 1 aliphatic rings. The SMILES string of the molecule is C#Cc1ccc2cc(C#CCC(=O)N3CCOCC3)ccc2c1C=O.[H]. The summed E-state index contributed by atoms with van der Waals surface area (Å²) in [5.74, 6) is 8.49. The van der Waals surface area contributed by atoms with Gasteiger partial charge < -0.3 is 9.64 Å². The largest absolute Gasteiger partial charge is 0.378 e. The molecule has 0 saturated carbocycles. The molecule has 0 atom stereocenters. The standard InChI is InChI=1S/C21H17NO3.H/c1-2-17-7-8-18-14-16(6-9-19(18)20(17)15-23)4-3-5-21(24)22-10-12-25-13-11-22;/h1,6-9,14-15H,5,10-13H2;. The Balaban J connectivity index is 0.00000243. The van der Waals surface area contributed by atoms with Crippen LogP contribution in [-0.2, 0) is 9.53 Å². The molecule has 0 bridgehead atoms. The smallest absolute Gasteiger partial charge is 0.234 e. The first-order chi connectivity index (χ1) is 12.2. The number of nitrogens with zero attached hydrogens (tertiary/aromatic N) is 1. The van der Waals surface area contributed by atoms with Crippen molar-refractivity contribution >= 4 is 23.0 Å². The van der Waals surface area contributed by atoms with Gasteiger partial charge in [-0.3, -0.25) is 9.59 Å². The summed E-state index contributed by atoms with van der Waals surface area (Å²) in [7, 11) is 0. The molecular formula is C21H18NO3. The summed E-state index contributed by atoms with van der Waals surface area (Å²) >= 11 is 0. The number of amides is 1. The summed E-state index contributed by atoms with van der Waals surface area (Å²) in [4.78, 5) is 25.1. The number of ether oxygens (including phenoxy) is 1. The molecule has 125 valence electrons. The molecule has 4 heteroatoms. The van der Waals surface area contributed by atoms with E-state index < -0.39 is 0 Å². The molecule has 1 radical (unpaired) electrons. The molecule has 3 rings (SSSR count). The van der Waals surface area contributed by atoms with Gasteiger partial charge in [0.15, 0.2) is 6.29 Å². The number of terminal acetylenes is 1. The Morgan fingerprint density at radius 3 is 2.80 bits per heavy atom. The van der Waals surface area contributed by atoms with Crippen LogP contribution >= 0.6 is 0 Å². The maximum atomic E-state index is 12.1. The van der Waals surface area contributed by atoms with Crippen LogP contribution in [-0.4, -0.2) is 43.4 Å². The van der Waals surface area contributed by atoms with Crippen molar-refractivity contribution in [3.8, 4) is 24.2 Å². The van der Waals surface area contributed by atoms with Crippen molar-refractivity contribution in [2.24, 2.45) is 0 Å². The average Bonchev–Trinajstić information content (AvgIpc) is 2.67. The predicted octanol–water partition coefficient (Wildman–Crippen LogP) is 2.35. The van der Waals surface area contributed by atoms with Gasteiger partial charge in [0, 0.05) is 31.2 Å². The number of hydrogen-bond donors (Lipinski definition) is 0. The van der Waals surface area contributed by atoms with E-state index in [9.17, 15) is 9.59 Å². The fourth-order valence-corrected chi connectivity index (χ4v) is 2.83. The van der Waals surface area contributed by atoms with Crippen molar-refractivity contribution in [3.63, 3.8) is 0 Å². The molecule has 0 spiro atoms. The molecule has 0 unspecified atom stereocenters. The van der Waals surface area contributed by atoms with Crippen LogP contribution in [0.5, 0.6) is 0 Å². The molecule has 0 aliphatic carbocycles. The third kappa shape index (κ3) is 3.71. The third-order valence-electron chi connectivity index (χ3n) is 4.17. The van der Waals surface area contributed by atoms with Crippen LogP contribution < -0.4 is 0 Å². The van der Waals surface area contributed by atoms with E-state index in [1.807, 2.05) is 24.3 Å². The van der Waals surface area contributed by atoms with Crippen LogP contribution in [0.25, 0.3) is 10.8 Å². The number of carbonyl (C=O) groups is 2. The fraction of sp³-hybridized carbons (Fsp3) is 0.238. The monoisotopic (exact) mass is 332 g/mol. The van der Waals surface area contributed by atoms with Gasteiger partial charge in [-0.1, -0.05) is 29.9 Å². The van der Waals surface area contributed by atoms with Gasteiger partial charge in [-0.15, -0.1) is 6.42 Å². The Bertz CT molecular complexity index is 928. The summed E-state index contributed by atoms with van der Waals surface area (Å²) in [6, 6.07) is 9.21. The molecule has 2 aromatic rings. The molecule has 2 aromatic carbocycles. The number of benzene rings is 2. The van der Waals surface area contributed by atoms with Gasteiger partial charge in [0.2, 0.25) is 5.91 Å². The van der Waals surface area contributed by atoms with E-state index in [1.54, 1.807) is 11.0 Å². The summed E-state index contributed by atoms with van der Waals surface area (Å²) in [6.07, 6.45) is 6.40. The topological polar surface area (TPSA) is 46.6 Å². The Morgan fingerprint density at radius 1 is 1.28 bits per heavy atom. The number of carbonyl (C=O) groups excluding carboxylic acids is 2. The minimum atomic E-state index is 0. The Labute approximate surface area is 148 Å². The highest BCUT2D eigenvalue weighted by Gasteiger charge is 2.15. The number of fused-ring (bicyclic) bond motifs is 1. The van der Waals surface area contributed by atoms with E-state index in [0.29, 0.717) is 37.4 Å². The quantitative estimate of drug-likeness (QED) is 0.626. The zero-order valence-corrected chi connectivity index (χ0v) is 13.7. The van der Waals surface area contributed by atoms with Gasteiger partial charge in [0.05, 0.1) is 19.6 Å². The van der Waals surface area contributed by atoms with E-state index >= 15 is 0 Å². The van der Waals surface area contributed by atoms with Crippen molar-refractivity contribution < 1.29 is 15.8 Å². The van der Waals surface area contributed by atoms with Crippen molar-refractivity contribution in [3.05, 3.63) is 47.0 Å². The number of aldehydes is 1. The Kier molecular flexibility index (Phi) is 5.14. The van der Waals surface area contributed by atoms with Gasteiger partial charge in [-0.25, -0.2) is 0 Å². The van der Waals surface area contributed by atoms with Gasteiger partial charge >= 0.3 is 0 Å². The number of hydrogen-bond acceptors (Lipinski definition) is 3. The molecule has 1 fully saturated rings. The van der Waals surface area contributed by atoms with Crippen LogP contribution in [0.1, 0.15) is 29.3 Å². The lowest BCUT2D eigenvalue weighted by Gasteiger charge is -2.26. The maximum Gasteiger partial charge on any atom is 0.234 e. The highest BCUT2D eigenvalue weighted by atomic mass is 16.5. The lowest BCUT2D eigenvalue weighted by Crippen LogP contribution is -2.40. The van der Waals surface area contributed by atoms with Crippen molar-refractivity contribution in [1.82, 2.24) is 4.90 Å². The molecule has 1 heterocycles. The highest BCUT2D eigenvalue weighted by molar-refractivity contribution is 6.01. The lowest BCUT2D eigenvalue weighted by molar-refractivity contribution is -0.134.